The molecule has 0 aliphatic rings. The molecule has 0 saturated heterocycles. The maximum absolute atomic E-state index is 12.8. The van der Waals surface area contributed by atoms with Crippen molar-refractivity contribution in [3.8, 4) is 5.75 Å². The minimum Gasteiger partial charge on any atom is -0.425 e. The van der Waals surface area contributed by atoms with Gasteiger partial charge in [0.1, 0.15) is 5.75 Å². The highest BCUT2D eigenvalue weighted by atomic mass is 19.4. The van der Waals surface area contributed by atoms with Crippen molar-refractivity contribution in [1.29, 1.82) is 0 Å². The first-order valence-corrected chi connectivity index (χ1v) is 6.88. The summed E-state index contributed by atoms with van der Waals surface area (Å²) in [5, 5.41) is 0. The highest BCUT2D eigenvalue weighted by molar-refractivity contribution is 5.82. The van der Waals surface area contributed by atoms with Crippen molar-refractivity contribution in [3.05, 3.63) is 29.8 Å². The van der Waals surface area contributed by atoms with Crippen LogP contribution in [0.25, 0.3) is 0 Å². The molecule has 0 aliphatic carbocycles. The van der Waals surface area contributed by atoms with Crippen LogP contribution in [0.5, 0.6) is 5.75 Å². The summed E-state index contributed by atoms with van der Waals surface area (Å²) in [7, 11) is 0. The van der Waals surface area contributed by atoms with Crippen LogP contribution in [0.2, 0.25) is 0 Å². The Labute approximate surface area is 141 Å². The lowest BCUT2D eigenvalue weighted by atomic mass is 9.85. The molecule has 0 amide bonds. The van der Waals surface area contributed by atoms with Gasteiger partial charge in [-0.25, -0.2) is 4.79 Å². The Kier molecular flexibility index (Phi) is 5.39. The first-order valence-electron chi connectivity index (χ1n) is 6.88. The van der Waals surface area contributed by atoms with Gasteiger partial charge in [-0.3, -0.25) is 0 Å². The number of benzene rings is 1. The molecule has 26 heavy (non-hydrogen) atoms. The minimum atomic E-state index is -7.01. The lowest BCUT2D eigenvalue weighted by Crippen LogP contribution is -2.65. The van der Waals surface area contributed by atoms with Crippen LogP contribution in [-0.4, -0.2) is 24.5 Å². The first-order chi connectivity index (χ1) is 11.4. The van der Waals surface area contributed by atoms with Gasteiger partial charge in [0.05, 0.1) is 0 Å². The van der Waals surface area contributed by atoms with Gasteiger partial charge in [-0.05, 0) is 23.1 Å². The number of hydrogen-bond donors (Lipinski definition) is 0. The molecule has 0 aromatic heterocycles. The Balaban J connectivity index is 3.40. The zero-order chi connectivity index (χ0) is 20.8. The van der Waals surface area contributed by atoms with E-state index in [0.29, 0.717) is 5.56 Å². The van der Waals surface area contributed by atoms with Gasteiger partial charge in [-0.1, -0.05) is 32.9 Å². The van der Waals surface area contributed by atoms with E-state index in [0.717, 1.165) is 12.1 Å². The van der Waals surface area contributed by atoms with E-state index in [1.54, 1.807) is 20.8 Å². The molecule has 0 spiro atoms. The number of carbonyl (C=O) groups excluding carboxylic acids is 1. The largest absolute Gasteiger partial charge is 0.425 e. The molecule has 0 heterocycles. The number of esters is 1. The Morgan fingerprint density at radius 3 is 1.35 bits per heavy atom. The van der Waals surface area contributed by atoms with Gasteiger partial charge in [-0.2, -0.15) is 39.5 Å². The fourth-order valence-corrected chi connectivity index (χ4v) is 2.04. The van der Waals surface area contributed by atoms with Crippen molar-refractivity contribution in [2.24, 2.45) is 5.41 Å². The van der Waals surface area contributed by atoms with Gasteiger partial charge in [0.25, 0.3) is 0 Å². The summed E-state index contributed by atoms with van der Waals surface area (Å²) in [6.07, 6.45) is -21.0. The van der Waals surface area contributed by atoms with Crippen LogP contribution in [-0.2, 0) is 10.2 Å². The van der Waals surface area contributed by atoms with Crippen LogP contribution >= 0.6 is 0 Å². The summed E-state index contributed by atoms with van der Waals surface area (Å²) < 4.78 is 119. The molecule has 0 N–H and O–H groups in total. The number of hydrogen-bond acceptors (Lipinski definition) is 2. The van der Waals surface area contributed by atoms with Crippen molar-refractivity contribution < 1.29 is 49.0 Å². The van der Waals surface area contributed by atoms with Crippen LogP contribution < -0.4 is 4.74 Å². The van der Waals surface area contributed by atoms with E-state index in [9.17, 15) is 44.3 Å². The smallest absolute Gasteiger partial charge is 0.423 e. The molecule has 0 fully saturated rings. The molecule has 1 aromatic carbocycles. The van der Waals surface area contributed by atoms with E-state index in [-0.39, 0.29) is 0 Å². The summed E-state index contributed by atoms with van der Waals surface area (Å²) in [6, 6.07) is 4.04. The van der Waals surface area contributed by atoms with E-state index in [1.807, 2.05) is 0 Å². The zero-order valence-electron chi connectivity index (χ0n) is 13.5. The van der Waals surface area contributed by atoms with Crippen molar-refractivity contribution in [2.45, 2.75) is 44.7 Å². The van der Waals surface area contributed by atoms with Crippen LogP contribution in [0.15, 0.2) is 24.3 Å². The average Bonchev–Trinajstić information content (AvgIpc) is 2.32. The van der Waals surface area contributed by atoms with Gasteiger partial charge in [0.2, 0.25) is 0 Å². The lowest BCUT2D eigenvalue weighted by molar-refractivity contribution is -0.410. The molecule has 11 heteroatoms. The molecule has 1 aromatic rings. The first kappa shape index (κ1) is 22.1. The van der Waals surface area contributed by atoms with Crippen molar-refractivity contribution >= 4 is 5.97 Å². The maximum atomic E-state index is 12.8. The normalized spacial score (nSPS) is 14.3. The third-order valence-corrected chi connectivity index (χ3v) is 3.51. The highest BCUT2D eigenvalue weighted by Gasteiger charge is 2.89. The number of carbonyl (C=O) groups is 1. The average molecular weight is 396 g/mol. The second-order valence-corrected chi connectivity index (χ2v) is 6.41. The number of rotatable bonds is 2. The molecule has 0 unspecified atom stereocenters. The van der Waals surface area contributed by atoms with Crippen molar-refractivity contribution in [1.82, 2.24) is 0 Å². The second-order valence-electron chi connectivity index (χ2n) is 6.41. The van der Waals surface area contributed by atoms with E-state index in [4.69, 9.17) is 0 Å². The van der Waals surface area contributed by atoms with Crippen LogP contribution in [0.4, 0.5) is 39.5 Å². The fraction of sp³-hybridized carbons (Fsp3) is 0.533. The van der Waals surface area contributed by atoms with Gasteiger partial charge < -0.3 is 4.74 Å². The van der Waals surface area contributed by atoms with Crippen LogP contribution in [0.1, 0.15) is 26.3 Å². The number of ether oxygens (including phenoxy) is 1. The molecule has 1 rings (SSSR count). The van der Waals surface area contributed by atoms with Gasteiger partial charge in [-0.15, -0.1) is 0 Å². The SMILES string of the molecule is CC(C)(C)c1ccc(OC(=O)C(C(F)(F)F)(C(F)(F)F)C(F)(F)F)cc1. The Hall–Kier alpha value is -1.94. The van der Waals surface area contributed by atoms with Crippen LogP contribution in [0.3, 0.4) is 0 Å². The van der Waals surface area contributed by atoms with Crippen LogP contribution in [0, 0.1) is 5.41 Å². The van der Waals surface area contributed by atoms with Crippen molar-refractivity contribution in [2.75, 3.05) is 0 Å². The Bertz CT molecular complexity index is 610. The maximum Gasteiger partial charge on any atom is 0.423 e. The Morgan fingerprint density at radius 1 is 0.731 bits per heavy atom. The topological polar surface area (TPSA) is 26.3 Å². The summed E-state index contributed by atoms with van der Waals surface area (Å²) >= 11 is 0. The molecular weight excluding hydrogens is 383 g/mol. The molecule has 0 atom stereocenters. The third kappa shape index (κ3) is 3.75. The number of alkyl halides is 9. The number of halogens is 9. The summed E-state index contributed by atoms with van der Waals surface area (Å²) in [5.74, 6) is -4.40. The fourth-order valence-electron chi connectivity index (χ4n) is 2.04. The lowest BCUT2D eigenvalue weighted by Gasteiger charge is -2.35. The molecule has 0 bridgehead atoms. The predicted molar refractivity (Wildman–Crippen MR) is 71.4 cm³/mol. The van der Waals surface area contributed by atoms with Crippen molar-refractivity contribution in [3.63, 3.8) is 0 Å². The molecule has 2 nitrogen and oxygen atoms in total. The minimum absolute atomic E-state index is 0.462. The predicted octanol–water partition coefficient (Wildman–Crippen LogP) is 5.56. The van der Waals surface area contributed by atoms with E-state index in [2.05, 4.69) is 4.74 Å². The summed E-state index contributed by atoms with van der Waals surface area (Å²) in [4.78, 5) is 11.5. The second kappa shape index (κ2) is 6.34. The Morgan fingerprint density at radius 2 is 1.08 bits per heavy atom. The third-order valence-electron chi connectivity index (χ3n) is 3.51. The molecule has 0 radical (unpaired) electrons. The monoisotopic (exact) mass is 396 g/mol. The highest BCUT2D eigenvalue weighted by Crippen LogP contribution is 2.59. The summed E-state index contributed by atoms with van der Waals surface area (Å²) in [6.45, 7) is 5.20. The van der Waals surface area contributed by atoms with Gasteiger partial charge >= 0.3 is 29.9 Å². The van der Waals surface area contributed by atoms with Gasteiger partial charge in [0.15, 0.2) is 0 Å². The molecule has 0 aliphatic heterocycles. The van der Waals surface area contributed by atoms with E-state index >= 15 is 0 Å². The van der Waals surface area contributed by atoms with E-state index in [1.165, 1.54) is 12.1 Å². The summed E-state index contributed by atoms with van der Waals surface area (Å²) in [5.41, 5.74) is -6.56. The standard InChI is InChI=1S/C15H13F9O2/c1-11(2,3)8-4-6-9(7-5-8)26-10(25)12(13(16,17)18,14(19,20)21)15(22,23)24/h4-7H,1-3H3. The molecule has 0 saturated carbocycles. The molecular formula is C15H13F9O2. The quantitative estimate of drug-likeness (QED) is 0.372. The van der Waals surface area contributed by atoms with E-state index < -0.39 is 41.1 Å². The van der Waals surface area contributed by atoms with Gasteiger partial charge in [0, 0.05) is 0 Å². The molecule has 148 valence electrons. The zero-order valence-corrected chi connectivity index (χ0v) is 13.5.